The zero-order valence-electron chi connectivity index (χ0n) is 9.62. The number of benzene rings is 1. The van der Waals surface area contributed by atoms with Crippen LogP contribution in [-0.2, 0) is 0 Å². The quantitative estimate of drug-likeness (QED) is 0.429. The van der Waals surface area contributed by atoms with E-state index in [0.29, 0.717) is 17.2 Å². The van der Waals surface area contributed by atoms with Crippen LogP contribution in [0.3, 0.4) is 0 Å². The molecule has 90 valence electrons. The van der Waals surface area contributed by atoms with Gasteiger partial charge in [0, 0.05) is 12.1 Å². The normalized spacial score (nSPS) is 9.24. The van der Waals surface area contributed by atoms with E-state index in [1.165, 1.54) is 0 Å². The standard InChI is InChI=1S/C12H15N3OS/c1-3-8-13-12(17)15-14-11(16)10-7-5-4-6-9(10)2/h3-7H,1,8H2,2H3,(H,14,16)(H2,13,15,17). The fourth-order valence-electron chi connectivity index (χ4n) is 1.22. The Hall–Kier alpha value is -1.88. The topological polar surface area (TPSA) is 53.2 Å². The lowest BCUT2D eigenvalue weighted by Gasteiger charge is -2.11. The van der Waals surface area contributed by atoms with E-state index in [4.69, 9.17) is 12.2 Å². The van der Waals surface area contributed by atoms with Crippen molar-refractivity contribution < 1.29 is 4.79 Å². The second-order valence-corrected chi connectivity index (χ2v) is 3.80. The summed E-state index contributed by atoms with van der Waals surface area (Å²) in [5.41, 5.74) is 6.67. The van der Waals surface area contributed by atoms with E-state index in [2.05, 4.69) is 22.7 Å². The molecule has 0 aliphatic rings. The Balaban J connectivity index is 2.48. The van der Waals surface area contributed by atoms with Crippen LogP contribution in [0, 0.1) is 6.92 Å². The number of thiocarbonyl (C=S) groups is 1. The van der Waals surface area contributed by atoms with Gasteiger partial charge < -0.3 is 5.32 Å². The Labute approximate surface area is 106 Å². The second-order valence-electron chi connectivity index (χ2n) is 3.39. The Morgan fingerprint density at radius 3 is 2.76 bits per heavy atom. The molecule has 0 radical (unpaired) electrons. The number of carbonyl (C=O) groups excluding carboxylic acids is 1. The average molecular weight is 249 g/mol. The van der Waals surface area contributed by atoms with Crippen LogP contribution in [0.5, 0.6) is 0 Å². The summed E-state index contributed by atoms with van der Waals surface area (Å²) in [6.07, 6.45) is 1.68. The first kappa shape index (κ1) is 13.2. The van der Waals surface area contributed by atoms with Crippen molar-refractivity contribution in [2.75, 3.05) is 6.54 Å². The van der Waals surface area contributed by atoms with Crippen molar-refractivity contribution >= 4 is 23.2 Å². The third kappa shape index (κ3) is 4.24. The molecule has 0 atom stereocenters. The highest BCUT2D eigenvalue weighted by Gasteiger charge is 2.07. The molecule has 0 aliphatic heterocycles. The van der Waals surface area contributed by atoms with Crippen molar-refractivity contribution in [2.45, 2.75) is 6.92 Å². The van der Waals surface area contributed by atoms with Gasteiger partial charge in [-0.1, -0.05) is 24.3 Å². The number of hydrogen-bond acceptors (Lipinski definition) is 2. The van der Waals surface area contributed by atoms with E-state index in [9.17, 15) is 4.79 Å². The van der Waals surface area contributed by atoms with Gasteiger partial charge in [0.05, 0.1) is 0 Å². The number of rotatable bonds is 3. The number of nitrogens with one attached hydrogen (secondary N) is 3. The predicted molar refractivity (Wildman–Crippen MR) is 72.6 cm³/mol. The van der Waals surface area contributed by atoms with Crippen molar-refractivity contribution in [2.24, 2.45) is 0 Å². The summed E-state index contributed by atoms with van der Waals surface area (Å²) >= 11 is 4.94. The lowest BCUT2D eigenvalue weighted by Crippen LogP contribution is -2.46. The molecule has 0 spiro atoms. The first-order chi connectivity index (χ1) is 8.15. The minimum Gasteiger partial charge on any atom is -0.358 e. The van der Waals surface area contributed by atoms with Gasteiger partial charge in [0.15, 0.2) is 5.11 Å². The fraction of sp³-hybridized carbons (Fsp3) is 0.167. The zero-order valence-corrected chi connectivity index (χ0v) is 10.4. The van der Waals surface area contributed by atoms with Gasteiger partial charge in [0.1, 0.15) is 0 Å². The van der Waals surface area contributed by atoms with Crippen LogP contribution in [0.1, 0.15) is 15.9 Å². The molecule has 1 rings (SSSR count). The van der Waals surface area contributed by atoms with Crippen LogP contribution in [0.25, 0.3) is 0 Å². The highest BCUT2D eigenvalue weighted by atomic mass is 32.1. The van der Waals surface area contributed by atoms with E-state index in [1.807, 2.05) is 25.1 Å². The van der Waals surface area contributed by atoms with Gasteiger partial charge in [-0.05, 0) is 30.8 Å². The molecule has 1 amide bonds. The average Bonchev–Trinajstić information content (AvgIpc) is 2.34. The van der Waals surface area contributed by atoms with Crippen molar-refractivity contribution in [1.29, 1.82) is 0 Å². The van der Waals surface area contributed by atoms with E-state index in [1.54, 1.807) is 12.1 Å². The number of hydrogen-bond donors (Lipinski definition) is 3. The smallest absolute Gasteiger partial charge is 0.269 e. The minimum absolute atomic E-state index is 0.217. The van der Waals surface area contributed by atoms with E-state index in [0.717, 1.165) is 5.56 Å². The summed E-state index contributed by atoms with van der Waals surface area (Å²) < 4.78 is 0. The summed E-state index contributed by atoms with van der Waals surface area (Å²) in [6.45, 7) is 5.98. The first-order valence-corrected chi connectivity index (χ1v) is 5.56. The Morgan fingerprint density at radius 1 is 1.41 bits per heavy atom. The zero-order chi connectivity index (χ0) is 12.7. The number of amides is 1. The maximum Gasteiger partial charge on any atom is 0.269 e. The molecule has 0 saturated carbocycles. The SMILES string of the molecule is C=CCNC(=S)NNC(=O)c1ccccc1C. The van der Waals surface area contributed by atoms with Crippen molar-refractivity contribution in [3.05, 3.63) is 48.0 Å². The molecule has 1 aromatic carbocycles. The Kier molecular flexibility index (Phi) is 5.16. The molecule has 0 aromatic heterocycles. The maximum absolute atomic E-state index is 11.8. The van der Waals surface area contributed by atoms with Gasteiger partial charge in [-0.15, -0.1) is 6.58 Å². The van der Waals surface area contributed by atoms with Crippen molar-refractivity contribution in [3.63, 3.8) is 0 Å². The van der Waals surface area contributed by atoms with E-state index >= 15 is 0 Å². The third-order valence-electron chi connectivity index (χ3n) is 2.09. The number of hydrazine groups is 1. The maximum atomic E-state index is 11.8. The highest BCUT2D eigenvalue weighted by Crippen LogP contribution is 2.05. The number of carbonyl (C=O) groups is 1. The van der Waals surface area contributed by atoms with Crippen LogP contribution in [-0.4, -0.2) is 17.6 Å². The molecule has 0 heterocycles. The van der Waals surface area contributed by atoms with Crippen LogP contribution in [0.15, 0.2) is 36.9 Å². The molecular formula is C12H15N3OS. The molecule has 0 bridgehead atoms. The van der Waals surface area contributed by atoms with Gasteiger partial charge >= 0.3 is 0 Å². The van der Waals surface area contributed by atoms with Gasteiger partial charge in [-0.2, -0.15) is 0 Å². The van der Waals surface area contributed by atoms with Gasteiger partial charge in [0.25, 0.3) is 5.91 Å². The van der Waals surface area contributed by atoms with Gasteiger partial charge in [0.2, 0.25) is 0 Å². The third-order valence-corrected chi connectivity index (χ3v) is 2.33. The van der Waals surface area contributed by atoms with Crippen LogP contribution < -0.4 is 16.2 Å². The summed E-state index contributed by atoms with van der Waals surface area (Å²) in [5, 5.41) is 3.19. The molecule has 5 heteroatoms. The summed E-state index contributed by atoms with van der Waals surface area (Å²) in [6, 6.07) is 7.34. The van der Waals surface area contributed by atoms with E-state index in [-0.39, 0.29) is 5.91 Å². The molecule has 17 heavy (non-hydrogen) atoms. The van der Waals surface area contributed by atoms with Crippen LogP contribution >= 0.6 is 12.2 Å². The summed E-state index contributed by atoms with van der Waals surface area (Å²) in [4.78, 5) is 11.8. The fourth-order valence-corrected chi connectivity index (χ4v) is 1.35. The van der Waals surface area contributed by atoms with Crippen molar-refractivity contribution in [3.8, 4) is 0 Å². The molecule has 3 N–H and O–H groups in total. The van der Waals surface area contributed by atoms with Gasteiger partial charge in [-0.3, -0.25) is 15.6 Å². The second kappa shape index (κ2) is 6.65. The van der Waals surface area contributed by atoms with Crippen molar-refractivity contribution in [1.82, 2.24) is 16.2 Å². The van der Waals surface area contributed by atoms with Crippen LogP contribution in [0.4, 0.5) is 0 Å². The minimum atomic E-state index is -0.217. The molecule has 0 saturated heterocycles. The Morgan fingerprint density at radius 2 is 2.12 bits per heavy atom. The summed E-state index contributed by atoms with van der Waals surface area (Å²) in [5.74, 6) is -0.217. The monoisotopic (exact) mass is 249 g/mol. The predicted octanol–water partition coefficient (Wildman–Crippen LogP) is 1.29. The molecule has 0 fully saturated rings. The molecule has 1 aromatic rings. The molecular weight excluding hydrogens is 234 g/mol. The largest absolute Gasteiger partial charge is 0.358 e. The van der Waals surface area contributed by atoms with Crippen LogP contribution in [0.2, 0.25) is 0 Å². The summed E-state index contributed by atoms with van der Waals surface area (Å²) in [7, 11) is 0. The molecule has 4 nitrogen and oxygen atoms in total. The lowest BCUT2D eigenvalue weighted by atomic mass is 10.1. The Bertz CT molecular complexity index is 432. The van der Waals surface area contributed by atoms with Gasteiger partial charge in [-0.25, -0.2) is 0 Å². The first-order valence-electron chi connectivity index (χ1n) is 5.16. The molecule has 0 aliphatic carbocycles. The van der Waals surface area contributed by atoms with E-state index < -0.39 is 0 Å². The molecule has 0 unspecified atom stereocenters. The number of aryl methyl sites for hydroxylation is 1. The lowest BCUT2D eigenvalue weighted by molar-refractivity contribution is 0.0943. The highest BCUT2D eigenvalue weighted by molar-refractivity contribution is 7.80.